The SMILES string of the molecule is COc1ccc(NCC2CCC(=O)N2)c([N+](=O)[O-])c1. The van der Waals surface area contributed by atoms with E-state index in [4.69, 9.17) is 4.74 Å². The zero-order chi connectivity index (χ0) is 13.8. The molecule has 0 spiro atoms. The van der Waals surface area contributed by atoms with Crippen LogP contribution in [0, 0.1) is 10.1 Å². The summed E-state index contributed by atoms with van der Waals surface area (Å²) in [5.41, 5.74) is 0.385. The van der Waals surface area contributed by atoms with Crippen molar-refractivity contribution in [1.29, 1.82) is 0 Å². The number of carbonyl (C=O) groups is 1. The number of nitro benzene ring substituents is 1. The smallest absolute Gasteiger partial charge is 0.296 e. The summed E-state index contributed by atoms with van der Waals surface area (Å²) in [5, 5.41) is 16.8. The first kappa shape index (κ1) is 13.1. The van der Waals surface area contributed by atoms with E-state index in [1.54, 1.807) is 12.1 Å². The summed E-state index contributed by atoms with van der Waals surface area (Å²) in [5.74, 6) is 0.461. The lowest BCUT2D eigenvalue weighted by molar-refractivity contribution is -0.384. The van der Waals surface area contributed by atoms with E-state index >= 15 is 0 Å². The van der Waals surface area contributed by atoms with Crippen LogP contribution >= 0.6 is 0 Å². The molecular formula is C12H15N3O4. The second kappa shape index (κ2) is 5.55. The van der Waals surface area contributed by atoms with E-state index in [0.29, 0.717) is 24.4 Å². The van der Waals surface area contributed by atoms with Crippen LogP contribution in [0.1, 0.15) is 12.8 Å². The molecule has 2 rings (SSSR count). The van der Waals surface area contributed by atoms with Crippen LogP contribution in [0.4, 0.5) is 11.4 Å². The normalized spacial score (nSPS) is 17.9. The lowest BCUT2D eigenvalue weighted by Gasteiger charge is -2.13. The van der Waals surface area contributed by atoms with E-state index < -0.39 is 4.92 Å². The highest BCUT2D eigenvalue weighted by atomic mass is 16.6. The number of rotatable bonds is 5. The molecule has 7 heteroatoms. The predicted molar refractivity (Wildman–Crippen MR) is 69.3 cm³/mol. The predicted octanol–water partition coefficient (Wildman–Crippen LogP) is 1.29. The number of hydrogen-bond acceptors (Lipinski definition) is 5. The Morgan fingerprint density at radius 1 is 1.58 bits per heavy atom. The number of hydrogen-bond donors (Lipinski definition) is 2. The highest BCUT2D eigenvalue weighted by molar-refractivity contribution is 5.78. The molecule has 19 heavy (non-hydrogen) atoms. The minimum Gasteiger partial charge on any atom is -0.496 e. The summed E-state index contributed by atoms with van der Waals surface area (Å²) < 4.78 is 4.96. The lowest BCUT2D eigenvalue weighted by Crippen LogP contribution is -2.31. The Morgan fingerprint density at radius 2 is 2.37 bits per heavy atom. The van der Waals surface area contributed by atoms with Gasteiger partial charge in [0.15, 0.2) is 0 Å². The Kier molecular flexibility index (Phi) is 3.84. The minimum absolute atomic E-state index is 0.0224. The molecule has 2 N–H and O–H groups in total. The van der Waals surface area contributed by atoms with Crippen LogP contribution in [0.15, 0.2) is 18.2 Å². The minimum atomic E-state index is -0.460. The van der Waals surface area contributed by atoms with Gasteiger partial charge < -0.3 is 15.4 Å². The number of nitrogens with one attached hydrogen (secondary N) is 2. The highest BCUT2D eigenvalue weighted by Crippen LogP contribution is 2.29. The molecule has 1 aromatic rings. The molecule has 1 atom stereocenters. The Balaban J connectivity index is 2.06. The molecule has 0 bridgehead atoms. The van der Waals surface area contributed by atoms with E-state index in [-0.39, 0.29) is 17.6 Å². The summed E-state index contributed by atoms with van der Waals surface area (Å²) in [6, 6.07) is 4.65. The molecule has 1 saturated heterocycles. The van der Waals surface area contributed by atoms with Crippen LogP contribution in [-0.4, -0.2) is 30.5 Å². The second-order valence-corrected chi connectivity index (χ2v) is 4.32. The van der Waals surface area contributed by atoms with Gasteiger partial charge in [0.05, 0.1) is 18.1 Å². The number of benzene rings is 1. The molecule has 1 unspecified atom stereocenters. The first-order valence-electron chi connectivity index (χ1n) is 5.96. The van der Waals surface area contributed by atoms with Crippen molar-refractivity contribution >= 4 is 17.3 Å². The maximum absolute atomic E-state index is 11.1. The van der Waals surface area contributed by atoms with Crippen molar-refractivity contribution < 1.29 is 14.5 Å². The van der Waals surface area contributed by atoms with Crippen molar-refractivity contribution in [2.45, 2.75) is 18.9 Å². The average Bonchev–Trinajstić information content (AvgIpc) is 2.82. The second-order valence-electron chi connectivity index (χ2n) is 4.32. The lowest BCUT2D eigenvalue weighted by atomic mass is 10.2. The number of amides is 1. The van der Waals surface area contributed by atoms with Crippen LogP contribution in [0.3, 0.4) is 0 Å². The van der Waals surface area contributed by atoms with E-state index in [1.807, 2.05) is 0 Å². The Hall–Kier alpha value is -2.31. The van der Waals surface area contributed by atoms with Gasteiger partial charge in [-0.2, -0.15) is 0 Å². The molecule has 0 saturated carbocycles. The van der Waals surface area contributed by atoms with Crippen molar-refractivity contribution in [1.82, 2.24) is 5.32 Å². The van der Waals surface area contributed by atoms with Crippen molar-refractivity contribution in [3.63, 3.8) is 0 Å². The van der Waals surface area contributed by atoms with Gasteiger partial charge in [-0.05, 0) is 18.6 Å². The largest absolute Gasteiger partial charge is 0.496 e. The van der Waals surface area contributed by atoms with Crippen molar-refractivity contribution in [3.8, 4) is 5.75 Å². The summed E-state index contributed by atoms with van der Waals surface area (Å²) in [7, 11) is 1.46. The maximum atomic E-state index is 11.1. The maximum Gasteiger partial charge on any atom is 0.296 e. The van der Waals surface area contributed by atoms with Crippen LogP contribution < -0.4 is 15.4 Å². The molecule has 0 radical (unpaired) electrons. The van der Waals surface area contributed by atoms with E-state index in [1.165, 1.54) is 13.2 Å². The fourth-order valence-corrected chi connectivity index (χ4v) is 2.00. The molecule has 7 nitrogen and oxygen atoms in total. The Morgan fingerprint density at radius 3 is 2.95 bits per heavy atom. The van der Waals surface area contributed by atoms with Crippen LogP contribution in [0.25, 0.3) is 0 Å². The number of anilines is 1. The van der Waals surface area contributed by atoms with Crippen LogP contribution in [-0.2, 0) is 4.79 Å². The van der Waals surface area contributed by atoms with Crippen molar-refractivity contribution in [2.24, 2.45) is 0 Å². The number of ether oxygens (including phenoxy) is 1. The molecule has 0 aliphatic carbocycles. The summed E-state index contributed by atoms with van der Waals surface area (Å²) in [6.07, 6.45) is 1.26. The van der Waals surface area contributed by atoms with Gasteiger partial charge in [-0.25, -0.2) is 0 Å². The van der Waals surface area contributed by atoms with E-state index in [2.05, 4.69) is 10.6 Å². The van der Waals surface area contributed by atoms with Crippen LogP contribution in [0.5, 0.6) is 5.75 Å². The van der Waals surface area contributed by atoms with E-state index in [0.717, 1.165) is 6.42 Å². The highest BCUT2D eigenvalue weighted by Gasteiger charge is 2.22. The number of carbonyl (C=O) groups excluding carboxylic acids is 1. The van der Waals surface area contributed by atoms with Crippen molar-refractivity contribution in [2.75, 3.05) is 19.0 Å². The van der Waals surface area contributed by atoms with Crippen molar-refractivity contribution in [3.05, 3.63) is 28.3 Å². The number of nitrogens with zero attached hydrogens (tertiary/aromatic N) is 1. The van der Waals surface area contributed by atoms with Gasteiger partial charge in [-0.1, -0.05) is 0 Å². The van der Waals surface area contributed by atoms with Gasteiger partial charge in [0.1, 0.15) is 11.4 Å². The third kappa shape index (κ3) is 3.12. The average molecular weight is 265 g/mol. The molecule has 1 fully saturated rings. The van der Waals surface area contributed by atoms with Gasteiger partial charge in [0, 0.05) is 19.0 Å². The van der Waals surface area contributed by atoms with Gasteiger partial charge in [0.25, 0.3) is 5.69 Å². The first-order chi connectivity index (χ1) is 9.10. The number of nitro groups is 1. The summed E-state index contributed by atoms with van der Waals surface area (Å²) >= 11 is 0. The quantitative estimate of drug-likeness (QED) is 0.618. The molecule has 1 heterocycles. The monoisotopic (exact) mass is 265 g/mol. The molecule has 0 aromatic heterocycles. The standard InChI is InChI=1S/C12H15N3O4/c1-19-9-3-4-10(11(6-9)15(17)18)13-7-8-2-5-12(16)14-8/h3-4,6,8,13H,2,5,7H2,1H3,(H,14,16). The molecular weight excluding hydrogens is 250 g/mol. The zero-order valence-corrected chi connectivity index (χ0v) is 10.5. The molecule has 1 amide bonds. The number of methoxy groups -OCH3 is 1. The molecule has 1 aromatic carbocycles. The fraction of sp³-hybridized carbons (Fsp3) is 0.417. The topological polar surface area (TPSA) is 93.5 Å². The fourth-order valence-electron chi connectivity index (χ4n) is 2.00. The van der Waals surface area contributed by atoms with Crippen LogP contribution in [0.2, 0.25) is 0 Å². The third-order valence-corrected chi connectivity index (χ3v) is 3.03. The Labute approximate surface area is 110 Å². The van der Waals surface area contributed by atoms with Gasteiger partial charge in [-0.15, -0.1) is 0 Å². The third-order valence-electron chi connectivity index (χ3n) is 3.03. The van der Waals surface area contributed by atoms with E-state index in [9.17, 15) is 14.9 Å². The summed E-state index contributed by atoms with van der Waals surface area (Å²) in [4.78, 5) is 21.6. The molecule has 1 aliphatic rings. The molecule has 102 valence electrons. The van der Waals surface area contributed by atoms with Gasteiger partial charge in [0.2, 0.25) is 5.91 Å². The summed E-state index contributed by atoms with van der Waals surface area (Å²) in [6.45, 7) is 0.471. The Bertz CT molecular complexity index is 504. The molecule has 1 aliphatic heterocycles. The first-order valence-corrected chi connectivity index (χ1v) is 5.96. The van der Waals surface area contributed by atoms with Gasteiger partial charge in [-0.3, -0.25) is 14.9 Å². The zero-order valence-electron chi connectivity index (χ0n) is 10.5. The van der Waals surface area contributed by atoms with Gasteiger partial charge >= 0.3 is 0 Å².